The van der Waals surface area contributed by atoms with E-state index in [4.69, 9.17) is 0 Å². The highest BCUT2D eigenvalue weighted by Gasteiger charge is 2.49. The quantitative estimate of drug-likeness (QED) is 0.516. The SMILES string of the molecule is CCC[P+](CCC)(CCC)C(CC)S(=O)(=O)O. The van der Waals surface area contributed by atoms with Crippen molar-refractivity contribution in [2.45, 2.75) is 58.4 Å². The molecule has 0 aromatic carbocycles. The van der Waals surface area contributed by atoms with E-state index in [2.05, 4.69) is 20.8 Å². The second kappa shape index (κ2) is 7.70. The van der Waals surface area contributed by atoms with E-state index in [0.29, 0.717) is 6.42 Å². The molecule has 1 unspecified atom stereocenters. The summed E-state index contributed by atoms with van der Waals surface area (Å²) in [4.78, 5) is -0.491. The highest BCUT2D eigenvalue weighted by atomic mass is 32.2. The third-order valence-electron chi connectivity index (χ3n) is 3.31. The summed E-state index contributed by atoms with van der Waals surface area (Å²) in [7, 11) is -5.46. The molecule has 0 saturated heterocycles. The first-order valence-electron chi connectivity index (χ1n) is 6.70. The maximum Gasteiger partial charge on any atom is 0.302 e. The molecule has 104 valence electrons. The molecule has 0 radical (unpaired) electrons. The predicted octanol–water partition coefficient (Wildman–Crippen LogP) is 3.86. The van der Waals surface area contributed by atoms with Crippen LogP contribution in [0.5, 0.6) is 0 Å². The smallest absolute Gasteiger partial charge is 0.283 e. The molecule has 0 aromatic heterocycles. The molecule has 0 spiro atoms. The molecule has 3 nitrogen and oxygen atoms in total. The molecule has 0 fully saturated rings. The van der Waals surface area contributed by atoms with E-state index in [-0.39, 0.29) is 0 Å². The van der Waals surface area contributed by atoms with E-state index in [1.54, 1.807) is 0 Å². The number of hydrogen-bond acceptors (Lipinski definition) is 2. The first-order valence-corrected chi connectivity index (χ1v) is 10.6. The molecule has 0 heterocycles. The summed E-state index contributed by atoms with van der Waals surface area (Å²) >= 11 is 0. The summed E-state index contributed by atoms with van der Waals surface area (Å²) in [5, 5.41) is 0. The van der Waals surface area contributed by atoms with Crippen molar-refractivity contribution in [1.29, 1.82) is 0 Å². The highest BCUT2D eigenvalue weighted by molar-refractivity contribution is 7.99. The van der Waals surface area contributed by atoms with Crippen molar-refractivity contribution in [3.63, 3.8) is 0 Å². The molecular weight excluding hydrogens is 255 g/mol. The number of hydrogen-bond donors (Lipinski definition) is 1. The molecule has 0 aromatic rings. The minimum Gasteiger partial charge on any atom is -0.283 e. The fraction of sp³-hybridized carbons (Fsp3) is 1.00. The summed E-state index contributed by atoms with van der Waals surface area (Å²) in [6, 6.07) is 0. The van der Waals surface area contributed by atoms with Crippen LogP contribution in [-0.4, -0.2) is 36.4 Å². The minimum atomic E-state index is -3.89. The zero-order chi connectivity index (χ0) is 13.5. The van der Waals surface area contributed by atoms with Gasteiger partial charge in [-0.1, -0.05) is 27.7 Å². The Bertz CT molecular complexity index is 284. The van der Waals surface area contributed by atoms with Crippen LogP contribution in [0.1, 0.15) is 53.4 Å². The fourth-order valence-electron chi connectivity index (χ4n) is 2.98. The summed E-state index contributed by atoms with van der Waals surface area (Å²) in [5.41, 5.74) is 0. The average Bonchev–Trinajstić information content (AvgIpc) is 2.17. The number of rotatable bonds is 9. The van der Waals surface area contributed by atoms with Gasteiger partial charge in [0.25, 0.3) is 0 Å². The van der Waals surface area contributed by atoms with Gasteiger partial charge in [0, 0.05) is 7.26 Å². The summed E-state index contributed by atoms with van der Waals surface area (Å²) in [5.74, 6) is 0. The maximum atomic E-state index is 11.6. The van der Waals surface area contributed by atoms with Crippen molar-refractivity contribution in [3.05, 3.63) is 0 Å². The van der Waals surface area contributed by atoms with Gasteiger partial charge in [-0.05, 0) is 25.7 Å². The van der Waals surface area contributed by atoms with Gasteiger partial charge < -0.3 is 0 Å². The zero-order valence-corrected chi connectivity index (χ0v) is 13.4. The second-order valence-corrected chi connectivity index (χ2v) is 11.1. The van der Waals surface area contributed by atoms with Gasteiger partial charge in [-0.25, -0.2) is 0 Å². The van der Waals surface area contributed by atoms with Gasteiger partial charge in [0.15, 0.2) is 4.99 Å². The van der Waals surface area contributed by atoms with Gasteiger partial charge in [-0.2, -0.15) is 8.42 Å². The highest BCUT2D eigenvalue weighted by Crippen LogP contribution is 2.66. The average molecular weight is 283 g/mol. The van der Waals surface area contributed by atoms with E-state index in [0.717, 1.165) is 37.7 Å². The second-order valence-electron chi connectivity index (χ2n) is 4.77. The lowest BCUT2D eigenvalue weighted by molar-refractivity contribution is 0.477. The van der Waals surface area contributed by atoms with Crippen LogP contribution in [0.25, 0.3) is 0 Å². The van der Waals surface area contributed by atoms with Crippen molar-refractivity contribution in [2.75, 3.05) is 18.5 Å². The molecule has 1 atom stereocenters. The van der Waals surface area contributed by atoms with Crippen molar-refractivity contribution < 1.29 is 13.0 Å². The van der Waals surface area contributed by atoms with Crippen molar-refractivity contribution in [1.82, 2.24) is 0 Å². The lowest BCUT2D eigenvalue weighted by Gasteiger charge is -2.32. The van der Waals surface area contributed by atoms with Gasteiger partial charge in [-0.3, -0.25) is 4.55 Å². The van der Waals surface area contributed by atoms with Crippen LogP contribution in [-0.2, 0) is 10.1 Å². The van der Waals surface area contributed by atoms with Crippen LogP contribution >= 0.6 is 7.26 Å². The predicted molar refractivity (Wildman–Crippen MR) is 78.0 cm³/mol. The van der Waals surface area contributed by atoms with Crippen LogP contribution in [0.2, 0.25) is 0 Å². The molecule has 0 saturated carbocycles. The van der Waals surface area contributed by atoms with E-state index >= 15 is 0 Å². The van der Waals surface area contributed by atoms with Gasteiger partial charge in [0.05, 0.1) is 18.5 Å². The fourth-order valence-corrected chi connectivity index (χ4v) is 11.6. The standard InChI is InChI=1S/C12H27O3PS/c1-5-9-16(10-6-2,11-7-3)12(8-4)17(13,14)15/h12H,5-11H2,1-4H3/p+1. The summed E-state index contributed by atoms with van der Waals surface area (Å²) in [6.45, 7) is 8.21. The Labute approximate surface area is 107 Å². The molecule has 0 amide bonds. The Morgan fingerprint density at radius 3 is 1.47 bits per heavy atom. The third kappa shape index (κ3) is 4.84. The normalized spacial score (nSPS) is 14.9. The molecule has 0 aliphatic heterocycles. The molecule has 17 heavy (non-hydrogen) atoms. The molecule has 0 rings (SSSR count). The Morgan fingerprint density at radius 1 is 0.941 bits per heavy atom. The van der Waals surface area contributed by atoms with Gasteiger partial charge in [0.1, 0.15) is 0 Å². The Balaban J connectivity index is 5.34. The molecule has 0 bridgehead atoms. The monoisotopic (exact) mass is 283 g/mol. The Hall–Kier alpha value is 0.340. The van der Waals surface area contributed by atoms with E-state index in [1.165, 1.54) is 0 Å². The van der Waals surface area contributed by atoms with Crippen molar-refractivity contribution in [3.8, 4) is 0 Å². The van der Waals surface area contributed by atoms with Crippen LogP contribution < -0.4 is 0 Å². The molecule has 1 N–H and O–H groups in total. The van der Waals surface area contributed by atoms with E-state index in [1.807, 2.05) is 6.92 Å². The summed E-state index contributed by atoms with van der Waals surface area (Å²) < 4.78 is 32.7. The first-order chi connectivity index (χ1) is 7.87. The van der Waals surface area contributed by atoms with E-state index < -0.39 is 22.4 Å². The van der Waals surface area contributed by atoms with Gasteiger partial charge >= 0.3 is 10.1 Å². The largest absolute Gasteiger partial charge is 0.302 e. The van der Waals surface area contributed by atoms with E-state index in [9.17, 15) is 13.0 Å². The van der Waals surface area contributed by atoms with Gasteiger partial charge in [-0.15, -0.1) is 0 Å². The topological polar surface area (TPSA) is 54.4 Å². The van der Waals surface area contributed by atoms with Crippen LogP contribution in [0.4, 0.5) is 0 Å². The lowest BCUT2D eigenvalue weighted by atomic mass is 10.5. The minimum absolute atomic E-state index is 0.491. The molecule has 0 aliphatic rings. The maximum absolute atomic E-state index is 11.6. The third-order valence-corrected chi connectivity index (χ3v) is 12.1. The Kier molecular flexibility index (Phi) is 7.86. The molecule has 0 aliphatic carbocycles. The van der Waals surface area contributed by atoms with Crippen molar-refractivity contribution >= 4 is 17.4 Å². The molecule has 5 heteroatoms. The van der Waals surface area contributed by atoms with Gasteiger partial charge in [0.2, 0.25) is 0 Å². The first kappa shape index (κ1) is 17.3. The lowest BCUT2D eigenvalue weighted by Crippen LogP contribution is -2.28. The molecular formula is C12H28O3PS+. The Morgan fingerprint density at radius 2 is 1.29 bits per heavy atom. The van der Waals surface area contributed by atoms with Crippen molar-refractivity contribution in [2.24, 2.45) is 0 Å². The van der Waals surface area contributed by atoms with Crippen LogP contribution in [0, 0.1) is 0 Å². The van der Waals surface area contributed by atoms with Crippen LogP contribution in [0.3, 0.4) is 0 Å². The zero-order valence-electron chi connectivity index (χ0n) is 11.6. The van der Waals surface area contributed by atoms with Crippen LogP contribution in [0.15, 0.2) is 0 Å². The summed E-state index contributed by atoms with van der Waals surface area (Å²) in [6.07, 6.45) is 6.57.